The Morgan fingerprint density at radius 3 is 2.86 bits per heavy atom. The Morgan fingerprint density at radius 2 is 2.24 bits per heavy atom. The molecule has 1 saturated heterocycles. The largest absolute Gasteiger partial charge is 0.459 e. The van der Waals surface area contributed by atoms with Crippen LogP contribution >= 0.6 is 11.3 Å². The lowest BCUT2D eigenvalue weighted by Crippen LogP contribution is -2.49. The molecular weight excluding hydrogens is 284 g/mol. The average molecular weight is 310 g/mol. The van der Waals surface area contributed by atoms with Gasteiger partial charge in [-0.3, -0.25) is 9.69 Å². The smallest absolute Gasteiger partial charge is 0.320 e. The summed E-state index contributed by atoms with van der Waals surface area (Å²) in [6.45, 7) is 7.72. The Hall–Kier alpha value is -0.910. The van der Waals surface area contributed by atoms with E-state index in [2.05, 4.69) is 21.7 Å². The Balaban J connectivity index is 1.87. The van der Waals surface area contributed by atoms with Crippen LogP contribution in [-0.2, 0) is 16.0 Å². The SMILES string of the molecule is CC(C)(C)OC(=O)CN1CC(N)CC(Cc2ccsc2)C1. The number of esters is 1. The zero-order valence-electron chi connectivity index (χ0n) is 13.2. The fourth-order valence-electron chi connectivity index (χ4n) is 2.92. The van der Waals surface area contributed by atoms with Crippen molar-refractivity contribution in [2.75, 3.05) is 19.6 Å². The minimum atomic E-state index is -0.426. The standard InChI is InChI=1S/C16H26N2O2S/c1-16(2,3)20-15(19)10-18-8-13(7-14(17)9-18)6-12-4-5-21-11-12/h4-5,11,13-14H,6-10,17H2,1-3H3. The van der Waals surface area contributed by atoms with Crippen LogP contribution in [0, 0.1) is 5.92 Å². The Labute approximate surface area is 131 Å². The molecule has 2 heterocycles. The fraction of sp³-hybridized carbons (Fsp3) is 0.688. The highest BCUT2D eigenvalue weighted by Gasteiger charge is 2.28. The van der Waals surface area contributed by atoms with Crippen LogP contribution in [0.5, 0.6) is 0 Å². The Bertz CT molecular complexity index is 453. The van der Waals surface area contributed by atoms with Crippen molar-refractivity contribution in [1.29, 1.82) is 0 Å². The molecule has 1 aromatic heterocycles. The molecule has 21 heavy (non-hydrogen) atoms. The van der Waals surface area contributed by atoms with Gasteiger partial charge in [0.25, 0.3) is 0 Å². The van der Waals surface area contributed by atoms with Crippen LogP contribution in [-0.4, -0.2) is 42.1 Å². The fourth-order valence-corrected chi connectivity index (χ4v) is 3.61. The van der Waals surface area contributed by atoms with E-state index in [4.69, 9.17) is 10.5 Å². The molecular formula is C16H26N2O2S. The van der Waals surface area contributed by atoms with Crippen molar-refractivity contribution in [3.8, 4) is 0 Å². The minimum absolute atomic E-state index is 0.143. The van der Waals surface area contributed by atoms with Crippen LogP contribution in [0.25, 0.3) is 0 Å². The molecule has 0 radical (unpaired) electrons. The van der Waals surface area contributed by atoms with E-state index >= 15 is 0 Å². The number of thiophene rings is 1. The summed E-state index contributed by atoms with van der Waals surface area (Å²) in [5, 5.41) is 4.30. The van der Waals surface area contributed by atoms with Gasteiger partial charge in [-0.05, 0) is 61.9 Å². The maximum Gasteiger partial charge on any atom is 0.320 e. The average Bonchev–Trinajstić information content (AvgIpc) is 2.77. The topological polar surface area (TPSA) is 55.6 Å². The molecule has 1 aliphatic rings. The molecule has 1 aliphatic heterocycles. The van der Waals surface area contributed by atoms with Gasteiger partial charge in [-0.25, -0.2) is 0 Å². The summed E-state index contributed by atoms with van der Waals surface area (Å²) in [7, 11) is 0. The van der Waals surface area contributed by atoms with Gasteiger partial charge in [0, 0.05) is 19.1 Å². The van der Waals surface area contributed by atoms with Crippen molar-refractivity contribution < 1.29 is 9.53 Å². The number of nitrogens with zero attached hydrogens (tertiary/aromatic N) is 1. The van der Waals surface area contributed by atoms with E-state index < -0.39 is 5.60 Å². The van der Waals surface area contributed by atoms with Crippen LogP contribution in [0.1, 0.15) is 32.8 Å². The third-order valence-electron chi connectivity index (χ3n) is 3.52. The number of carbonyl (C=O) groups excluding carboxylic acids is 1. The normalized spacial score (nSPS) is 24.0. The molecule has 2 atom stereocenters. The van der Waals surface area contributed by atoms with E-state index in [1.165, 1.54) is 5.56 Å². The Kier molecular flexibility index (Phi) is 5.41. The molecule has 118 valence electrons. The number of hydrogen-bond acceptors (Lipinski definition) is 5. The van der Waals surface area contributed by atoms with Gasteiger partial charge in [-0.15, -0.1) is 0 Å². The molecule has 1 aromatic rings. The maximum absolute atomic E-state index is 12.0. The van der Waals surface area contributed by atoms with E-state index in [1.807, 2.05) is 20.8 Å². The second-order valence-corrected chi connectivity index (χ2v) is 7.76. The van der Waals surface area contributed by atoms with E-state index in [9.17, 15) is 4.79 Å². The summed E-state index contributed by atoms with van der Waals surface area (Å²) in [6, 6.07) is 2.31. The molecule has 4 nitrogen and oxygen atoms in total. The number of piperidine rings is 1. The van der Waals surface area contributed by atoms with Crippen molar-refractivity contribution in [2.45, 2.75) is 45.3 Å². The number of hydrogen-bond donors (Lipinski definition) is 1. The van der Waals surface area contributed by atoms with Crippen molar-refractivity contribution in [3.05, 3.63) is 22.4 Å². The first kappa shape index (κ1) is 16.5. The van der Waals surface area contributed by atoms with Gasteiger partial charge < -0.3 is 10.5 Å². The quantitative estimate of drug-likeness (QED) is 0.867. The first-order valence-corrected chi connectivity index (χ1v) is 8.47. The molecule has 0 saturated carbocycles. The number of nitrogens with two attached hydrogens (primary N) is 1. The summed E-state index contributed by atoms with van der Waals surface area (Å²) in [5.41, 5.74) is 7.10. The highest BCUT2D eigenvalue weighted by molar-refractivity contribution is 7.07. The van der Waals surface area contributed by atoms with E-state index in [-0.39, 0.29) is 12.0 Å². The lowest BCUT2D eigenvalue weighted by Gasteiger charge is -2.36. The molecule has 2 rings (SSSR count). The van der Waals surface area contributed by atoms with Crippen molar-refractivity contribution in [1.82, 2.24) is 4.90 Å². The number of likely N-dealkylation sites (tertiary alicyclic amines) is 1. The number of ether oxygens (including phenoxy) is 1. The van der Waals surface area contributed by atoms with Crippen LogP contribution in [0.3, 0.4) is 0 Å². The van der Waals surface area contributed by atoms with Crippen molar-refractivity contribution in [2.24, 2.45) is 11.7 Å². The first-order valence-electron chi connectivity index (χ1n) is 7.52. The molecule has 0 amide bonds. The minimum Gasteiger partial charge on any atom is -0.459 e. The molecule has 0 aliphatic carbocycles. The van der Waals surface area contributed by atoms with Gasteiger partial charge in [0.05, 0.1) is 6.54 Å². The van der Waals surface area contributed by atoms with Gasteiger partial charge in [0.1, 0.15) is 5.60 Å². The monoisotopic (exact) mass is 310 g/mol. The molecule has 2 unspecified atom stereocenters. The lowest BCUT2D eigenvalue weighted by molar-refractivity contribution is -0.156. The predicted octanol–water partition coefficient (Wildman–Crippen LogP) is 2.28. The third-order valence-corrected chi connectivity index (χ3v) is 4.25. The molecule has 0 spiro atoms. The molecule has 0 bridgehead atoms. The highest BCUT2D eigenvalue weighted by Crippen LogP contribution is 2.22. The Morgan fingerprint density at radius 1 is 1.48 bits per heavy atom. The zero-order chi connectivity index (χ0) is 15.5. The lowest BCUT2D eigenvalue weighted by atomic mass is 9.90. The molecule has 0 aromatic carbocycles. The van der Waals surface area contributed by atoms with Gasteiger partial charge in [0.2, 0.25) is 0 Å². The maximum atomic E-state index is 12.0. The van der Waals surface area contributed by atoms with Gasteiger partial charge >= 0.3 is 5.97 Å². The van der Waals surface area contributed by atoms with Crippen LogP contribution in [0.4, 0.5) is 0 Å². The summed E-state index contributed by atoms with van der Waals surface area (Å²) < 4.78 is 5.40. The van der Waals surface area contributed by atoms with Crippen LogP contribution in [0.15, 0.2) is 16.8 Å². The third kappa shape index (κ3) is 5.77. The van der Waals surface area contributed by atoms with E-state index in [0.717, 1.165) is 25.9 Å². The second kappa shape index (κ2) is 6.90. The van der Waals surface area contributed by atoms with Crippen molar-refractivity contribution in [3.63, 3.8) is 0 Å². The van der Waals surface area contributed by atoms with E-state index in [0.29, 0.717) is 12.5 Å². The second-order valence-electron chi connectivity index (χ2n) is 6.98. The van der Waals surface area contributed by atoms with E-state index in [1.54, 1.807) is 11.3 Å². The van der Waals surface area contributed by atoms with Gasteiger partial charge in [0.15, 0.2) is 0 Å². The number of rotatable bonds is 4. The summed E-state index contributed by atoms with van der Waals surface area (Å²) >= 11 is 1.73. The molecule has 1 fully saturated rings. The summed E-state index contributed by atoms with van der Waals surface area (Å²) in [6.07, 6.45) is 2.07. The summed E-state index contributed by atoms with van der Waals surface area (Å²) in [4.78, 5) is 14.1. The molecule has 5 heteroatoms. The van der Waals surface area contributed by atoms with Crippen LogP contribution in [0.2, 0.25) is 0 Å². The van der Waals surface area contributed by atoms with Crippen molar-refractivity contribution >= 4 is 17.3 Å². The molecule has 2 N–H and O–H groups in total. The predicted molar refractivity (Wildman–Crippen MR) is 86.4 cm³/mol. The number of carbonyl (C=O) groups is 1. The highest BCUT2D eigenvalue weighted by atomic mass is 32.1. The summed E-state index contributed by atoms with van der Waals surface area (Å²) in [5.74, 6) is 0.358. The van der Waals surface area contributed by atoms with Gasteiger partial charge in [-0.1, -0.05) is 0 Å². The van der Waals surface area contributed by atoms with Gasteiger partial charge in [-0.2, -0.15) is 11.3 Å². The first-order chi connectivity index (χ1) is 9.82. The zero-order valence-corrected chi connectivity index (χ0v) is 14.0. The van der Waals surface area contributed by atoms with Crippen LogP contribution < -0.4 is 5.73 Å².